The summed E-state index contributed by atoms with van der Waals surface area (Å²) in [5, 5.41) is 2.62. The van der Waals surface area contributed by atoms with Gasteiger partial charge in [0, 0.05) is 54.8 Å². The van der Waals surface area contributed by atoms with Gasteiger partial charge in [0.2, 0.25) is 0 Å². The third-order valence-electron chi connectivity index (χ3n) is 9.02. The van der Waals surface area contributed by atoms with Crippen LogP contribution in [0.2, 0.25) is 0 Å². The number of aromatic nitrogens is 3. The lowest BCUT2D eigenvalue weighted by molar-refractivity contribution is 1.18. The van der Waals surface area contributed by atoms with E-state index in [4.69, 9.17) is 9.97 Å². The van der Waals surface area contributed by atoms with E-state index >= 15 is 0 Å². The molecule has 0 saturated heterocycles. The lowest BCUT2D eigenvalue weighted by Gasteiger charge is -2.11. The Labute approximate surface area is 288 Å². The molecule has 6 aromatic carbocycles. The largest absolute Gasteiger partial charge is 0.264 e. The molecule has 0 aliphatic carbocycles. The summed E-state index contributed by atoms with van der Waals surface area (Å²) in [5.74, 6) is 0.684. The van der Waals surface area contributed by atoms with Crippen LogP contribution in [-0.4, -0.2) is 15.0 Å². The zero-order chi connectivity index (χ0) is 32.6. The highest BCUT2D eigenvalue weighted by atomic mass is 32.1. The maximum atomic E-state index is 5.14. The number of hydrogen-bond acceptors (Lipinski definition) is 4. The first-order chi connectivity index (χ1) is 24.2. The molecule has 4 heteroatoms. The van der Waals surface area contributed by atoms with Gasteiger partial charge in [0.25, 0.3) is 0 Å². The highest BCUT2D eigenvalue weighted by molar-refractivity contribution is 7.25. The zero-order valence-electron chi connectivity index (χ0n) is 26.5. The van der Waals surface area contributed by atoms with Gasteiger partial charge < -0.3 is 0 Å². The number of hydrogen-bond donors (Lipinski definition) is 0. The standard InChI is InChI=1S/C45H29N3S/c1-2-8-30(9-3-1)31-15-19-33(20-16-31)41-28-42(48-45(47-41)37-11-6-10-35(26-37)38-12-7-25-46-29-38)34-21-17-32(18-22-34)36-23-24-44-40(27-36)39-13-4-5-14-43(39)49-44/h1-29H. The molecule has 49 heavy (non-hydrogen) atoms. The minimum absolute atomic E-state index is 0.684. The van der Waals surface area contributed by atoms with Crippen LogP contribution in [0.3, 0.4) is 0 Å². The zero-order valence-corrected chi connectivity index (χ0v) is 27.3. The molecule has 9 rings (SSSR count). The molecule has 0 bridgehead atoms. The second-order valence-corrected chi connectivity index (χ2v) is 13.2. The van der Waals surface area contributed by atoms with E-state index in [-0.39, 0.29) is 0 Å². The number of rotatable bonds is 6. The van der Waals surface area contributed by atoms with Crippen molar-refractivity contribution < 1.29 is 0 Å². The van der Waals surface area contributed by atoms with Crippen LogP contribution >= 0.6 is 11.3 Å². The van der Waals surface area contributed by atoms with E-state index in [0.29, 0.717) is 5.82 Å². The Morgan fingerprint density at radius 3 is 1.63 bits per heavy atom. The van der Waals surface area contributed by atoms with Crippen molar-refractivity contribution in [2.24, 2.45) is 0 Å². The topological polar surface area (TPSA) is 38.7 Å². The van der Waals surface area contributed by atoms with Crippen molar-refractivity contribution in [1.82, 2.24) is 15.0 Å². The average molecular weight is 644 g/mol. The minimum atomic E-state index is 0.684. The highest BCUT2D eigenvalue weighted by Gasteiger charge is 2.13. The van der Waals surface area contributed by atoms with E-state index in [1.54, 1.807) is 6.20 Å². The molecule has 3 nitrogen and oxygen atoms in total. The van der Waals surface area contributed by atoms with Crippen LogP contribution < -0.4 is 0 Å². The fourth-order valence-electron chi connectivity index (χ4n) is 6.45. The fraction of sp³-hybridized carbons (Fsp3) is 0. The number of nitrogens with zero attached hydrogens (tertiary/aromatic N) is 3. The van der Waals surface area contributed by atoms with E-state index in [2.05, 4.69) is 157 Å². The molecule has 3 heterocycles. The van der Waals surface area contributed by atoms with Crippen molar-refractivity contribution >= 4 is 31.5 Å². The summed E-state index contributed by atoms with van der Waals surface area (Å²) in [6, 6.07) is 57.8. The smallest absolute Gasteiger partial charge is 0.160 e. The molecule has 3 aromatic heterocycles. The lowest BCUT2D eigenvalue weighted by atomic mass is 9.99. The number of fused-ring (bicyclic) bond motifs is 3. The van der Waals surface area contributed by atoms with Crippen LogP contribution in [0.15, 0.2) is 176 Å². The van der Waals surface area contributed by atoms with Crippen LogP contribution in [0.25, 0.3) is 87.5 Å². The first-order valence-corrected chi connectivity index (χ1v) is 17.1. The molecule has 0 aliphatic rings. The van der Waals surface area contributed by atoms with Crippen LogP contribution in [0.1, 0.15) is 0 Å². The van der Waals surface area contributed by atoms with Gasteiger partial charge in [-0.15, -0.1) is 11.3 Å². The maximum absolute atomic E-state index is 5.14. The minimum Gasteiger partial charge on any atom is -0.264 e. The SMILES string of the molecule is c1ccc(-c2ccc(-c3cc(-c4ccc(-c5ccc6sc7ccccc7c6c5)cc4)nc(-c4cccc(-c5cccnc5)c4)n3)cc2)cc1. The van der Waals surface area contributed by atoms with Gasteiger partial charge >= 0.3 is 0 Å². The van der Waals surface area contributed by atoms with Gasteiger partial charge in [-0.25, -0.2) is 9.97 Å². The van der Waals surface area contributed by atoms with Crippen molar-refractivity contribution in [2.45, 2.75) is 0 Å². The van der Waals surface area contributed by atoms with E-state index < -0.39 is 0 Å². The summed E-state index contributed by atoms with van der Waals surface area (Å²) in [6.45, 7) is 0. The molecule has 0 saturated carbocycles. The number of benzene rings is 6. The van der Waals surface area contributed by atoms with Crippen LogP contribution in [0.5, 0.6) is 0 Å². The fourth-order valence-corrected chi connectivity index (χ4v) is 7.53. The predicted octanol–water partition coefficient (Wildman–Crippen LogP) is 12.2. The van der Waals surface area contributed by atoms with E-state index in [1.807, 2.05) is 29.7 Å². The molecule has 9 aromatic rings. The molecule has 0 spiro atoms. The molecule has 0 fully saturated rings. The van der Waals surface area contributed by atoms with Crippen molar-refractivity contribution in [3.05, 3.63) is 176 Å². The number of pyridine rings is 1. The molecule has 0 unspecified atom stereocenters. The van der Waals surface area contributed by atoms with Crippen LogP contribution in [0.4, 0.5) is 0 Å². The molecule has 0 radical (unpaired) electrons. The monoisotopic (exact) mass is 643 g/mol. The highest BCUT2D eigenvalue weighted by Crippen LogP contribution is 2.37. The van der Waals surface area contributed by atoms with Crippen LogP contribution in [0, 0.1) is 0 Å². The first-order valence-electron chi connectivity index (χ1n) is 16.3. The molecular weight excluding hydrogens is 615 g/mol. The second-order valence-electron chi connectivity index (χ2n) is 12.1. The van der Waals surface area contributed by atoms with Gasteiger partial charge in [-0.2, -0.15) is 0 Å². The van der Waals surface area contributed by atoms with Crippen LogP contribution in [-0.2, 0) is 0 Å². The van der Waals surface area contributed by atoms with Gasteiger partial charge in [-0.05, 0) is 64.2 Å². The maximum Gasteiger partial charge on any atom is 0.160 e. The quantitative estimate of drug-likeness (QED) is 0.181. The Bertz CT molecular complexity index is 2570. The van der Waals surface area contributed by atoms with Crippen molar-refractivity contribution in [2.75, 3.05) is 0 Å². The van der Waals surface area contributed by atoms with Gasteiger partial charge in [-0.3, -0.25) is 4.98 Å². The van der Waals surface area contributed by atoms with Gasteiger partial charge in [0.1, 0.15) is 0 Å². The third-order valence-corrected chi connectivity index (χ3v) is 10.2. The van der Waals surface area contributed by atoms with Gasteiger partial charge in [0.05, 0.1) is 11.4 Å². The van der Waals surface area contributed by atoms with Gasteiger partial charge in [0.15, 0.2) is 5.82 Å². The summed E-state index contributed by atoms with van der Waals surface area (Å²) in [4.78, 5) is 14.6. The average Bonchev–Trinajstić information content (AvgIpc) is 3.57. The Morgan fingerprint density at radius 2 is 0.898 bits per heavy atom. The van der Waals surface area contributed by atoms with E-state index in [1.165, 1.54) is 42.4 Å². The molecule has 0 aliphatic heterocycles. The summed E-state index contributed by atoms with van der Waals surface area (Å²) in [5.41, 5.74) is 11.7. The van der Waals surface area contributed by atoms with Crippen molar-refractivity contribution in [3.63, 3.8) is 0 Å². The normalized spacial score (nSPS) is 11.3. The number of thiophene rings is 1. The Morgan fingerprint density at radius 1 is 0.347 bits per heavy atom. The summed E-state index contributed by atoms with van der Waals surface area (Å²) >= 11 is 1.85. The van der Waals surface area contributed by atoms with Gasteiger partial charge in [-0.1, -0.05) is 127 Å². The van der Waals surface area contributed by atoms with Crippen molar-refractivity contribution in [1.29, 1.82) is 0 Å². The molecule has 0 atom stereocenters. The lowest BCUT2D eigenvalue weighted by Crippen LogP contribution is -1.96. The molecule has 0 amide bonds. The Hall–Kier alpha value is -6.23. The van der Waals surface area contributed by atoms with E-state index in [9.17, 15) is 0 Å². The molecule has 0 N–H and O–H groups in total. The second kappa shape index (κ2) is 12.4. The Kier molecular flexibility index (Phi) is 7.34. The molecule has 230 valence electrons. The summed E-state index contributed by atoms with van der Waals surface area (Å²) in [6.07, 6.45) is 3.68. The Balaban J connectivity index is 1.12. The van der Waals surface area contributed by atoms with Crippen molar-refractivity contribution in [3.8, 4) is 67.3 Å². The van der Waals surface area contributed by atoms with E-state index in [0.717, 1.165) is 39.2 Å². The molecular formula is C45H29N3S. The first kappa shape index (κ1) is 29.0. The summed E-state index contributed by atoms with van der Waals surface area (Å²) < 4.78 is 2.63. The summed E-state index contributed by atoms with van der Waals surface area (Å²) in [7, 11) is 0. The predicted molar refractivity (Wildman–Crippen MR) is 205 cm³/mol. The third kappa shape index (κ3) is 5.69.